The van der Waals surface area contributed by atoms with Crippen molar-refractivity contribution in [2.45, 2.75) is 154 Å². The first kappa shape index (κ1) is 46.3. The minimum Gasteiger partial charge on any atom is -0.361 e. The first-order valence-electron chi connectivity index (χ1n) is 23.9. The molecule has 1 N–H and O–H groups in total. The number of fused-ring (bicyclic) bond motifs is 2. The predicted molar refractivity (Wildman–Crippen MR) is 247 cm³/mol. The van der Waals surface area contributed by atoms with Gasteiger partial charge >= 0.3 is 0 Å². The van der Waals surface area contributed by atoms with Crippen molar-refractivity contribution in [3.63, 3.8) is 0 Å². The van der Waals surface area contributed by atoms with Crippen LogP contribution in [-0.2, 0) is 9.59 Å². The molecule has 7 aromatic rings. The molecule has 2 atom stereocenters. The standard InChI is InChI=1S/C28H28F3N5O2.C23H26F2N4O2/c1-16-26(17(2)38-34-16)18-6-7-23-22(12-18)33-27(36(23)20-8-10-28(30,31)11-9-20)24-4-3-5-25(37)35(24)21-13-19(29)14-32-15-21;1-13-21(14(2)31-28-13)15-6-7-19-18(12-15)27-22(17-4-3-5-20(30)26-17)29(19)16-8-10-23(24,25)11-9-16/h6-7,12-15,20,24H,3-5,8-11H2,1-2H3;6-7,12,16-17H,3-5,8-11H2,1-2H3,(H,26,30)/t24-;17-/m00/s1. The first-order valence-corrected chi connectivity index (χ1v) is 23.9. The molecule has 18 heteroatoms. The summed E-state index contributed by atoms with van der Waals surface area (Å²) >= 11 is 0. The van der Waals surface area contributed by atoms with Gasteiger partial charge in [0.25, 0.3) is 0 Å². The molecule has 7 heterocycles. The molecule has 2 aliphatic carbocycles. The van der Waals surface area contributed by atoms with Crippen LogP contribution in [-0.4, -0.2) is 58.1 Å². The average Bonchev–Trinajstić information content (AvgIpc) is 4.08. The number of piperidine rings is 2. The summed E-state index contributed by atoms with van der Waals surface area (Å²) in [5, 5.41) is 11.2. The maximum Gasteiger partial charge on any atom is 0.248 e. The van der Waals surface area contributed by atoms with Crippen molar-refractivity contribution in [2.24, 2.45) is 0 Å². The van der Waals surface area contributed by atoms with E-state index in [0.29, 0.717) is 74.2 Å². The molecule has 11 rings (SSSR count). The molecule has 362 valence electrons. The van der Waals surface area contributed by atoms with E-state index in [2.05, 4.69) is 25.2 Å². The molecule has 0 unspecified atom stereocenters. The number of anilines is 1. The highest BCUT2D eigenvalue weighted by Gasteiger charge is 2.41. The molecule has 2 aromatic carbocycles. The molecule has 0 radical (unpaired) electrons. The quantitative estimate of drug-likeness (QED) is 0.154. The summed E-state index contributed by atoms with van der Waals surface area (Å²) in [6.07, 6.45) is 7.06. The zero-order chi connectivity index (χ0) is 48.4. The number of aryl methyl sites for hydroxylation is 4. The smallest absolute Gasteiger partial charge is 0.248 e. The Balaban J connectivity index is 0.000000164. The number of amides is 2. The summed E-state index contributed by atoms with van der Waals surface area (Å²) in [4.78, 5) is 40.7. The number of carbonyl (C=O) groups is 2. The van der Waals surface area contributed by atoms with Gasteiger partial charge in [0.1, 0.15) is 29.0 Å². The molecule has 4 aliphatic rings. The monoisotopic (exact) mass is 951 g/mol. The predicted octanol–water partition coefficient (Wildman–Crippen LogP) is 12.3. The van der Waals surface area contributed by atoms with Gasteiger partial charge in [0.15, 0.2) is 0 Å². The lowest BCUT2D eigenvalue weighted by atomic mass is 9.91. The van der Waals surface area contributed by atoms with E-state index in [1.54, 1.807) is 4.90 Å². The van der Waals surface area contributed by atoms with Crippen molar-refractivity contribution >= 4 is 39.6 Å². The highest BCUT2D eigenvalue weighted by Crippen LogP contribution is 2.46. The van der Waals surface area contributed by atoms with Crippen LogP contribution in [0.2, 0.25) is 0 Å². The fourth-order valence-corrected chi connectivity index (χ4v) is 11.1. The number of carbonyl (C=O) groups excluding carboxylic acids is 2. The average molecular weight is 952 g/mol. The number of aromatic nitrogens is 7. The number of nitrogens with one attached hydrogen (secondary N) is 1. The Morgan fingerprint density at radius 1 is 0.652 bits per heavy atom. The van der Waals surface area contributed by atoms with E-state index in [-0.39, 0.29) is 55.6 Å². The maximum atomic E-state index is 14.1. The second kappa shape index (κ2) is 18.1. The SMILES string of the molecule is Cc1noc(C)c1-c1ccc2c(c1)nc([C@@H]1CCCC(=O)N1)n2C1CCC(F)(F)CC1.Cc1noc(C)c1-c1ccc2c(c1)nc([C@@H]1CCCC(=O)N1c1cncc(F)c1)n2C1CCC(F)(F)CC1. The molecule has 5 aromatic heterocycles. The molecule has 0 spiro atoms. The van der Waals surface area contributed by atoms with Gasteiger partial charge in [-0.25, -0.2) is 31.9 Å². The zero-order valence-electron chi connectivity index (χ0n) is 39.0. The number of halogens is 5. The van der Waals surface area contributed by atoms with Gasteiger partial charge in [-0.3, -0.25) is 14.6 Å². The van der Waals surface area contributed by atoms with E-state index in [1.165, 1.54) is 12.3 Å². The number of hydrogen-bond acceptors (Lipinski definition) is 9. The van der Waals surface area contributed by atoms with Gasteiger partial charge in [0.2, 0.25) is 23.7 Å². The molecule has 69 heavy (non-hydrogen) atoms. The van der Waals surface area contributed by atoms with Gasteiger partial charge in [-0.15, -0.1) is 0 Å². The normalized spacial score (nSPS) is 21.1. The Morgan fingerprint density at radius 3 is 1.68 bits per heavy atom. The number of pyridine rings is 1. The Hall–Kier alpha value is -6.46. The van der Waals surface area contributed by atoms with Gasteiger partial charge in [-0.05, 0) is 114 Å². The Morgan fingerprint density at radius 2 is 1.17 bits per heavy atom. The molecular weight excluding hydrogens is 898 g/mol. The molecule has 4 fully saturated rings. The highest BCUT2D eigenvalue weighted by molar-refractivity contribution is 5.95. The molecule has 0 bridgehead atoms. The number of alkyl halides is 4. The second-order valence-electron chi connectivity index (χ2n) is 19.2. The maximum absolute atomic E-state index is 14.1. The lowest BCUT2D eigenvalue weighted by Gasteiger charge is -2.37. The topological polar surface area (TPSA) is 150 Å². The molecule has 2 amide bonds. The number of hydrogen-bond donors (Lipinski definition) is 1. The van der Waals surface area contributed by atoms with E-state index < -0.39 is 23.7 Å². The fourth-order valence-electron chi connectivity index (χ4n) is 11.1. The summed E-state index contributed by atoms with van der Waals surface area (Å²) < 4.78 is 84.8. The second-order valence-corrected chi connectivity index (χ2v) is 19.2. The van der Waals surface area contributed by atoms with E-state index in [4.69, 9.17) is 19.0 Å². The third-order valence-corrected chi connectivity index (χ3v) is 14.4. The van der Waals surface area contributed by atoms with Crippen molar-refractivity contribution < 1.29 is 40.6 Å². The molecular formula is C51H54F5N9O4. The summed E-state index contributed by atoms with van der Waals surface area (Å²) in [5.41, 5.74) is 8.86. The fraction of sp³-hybridized carbons (Fsp3) is 0.471. The Labute approximate surface area is 394 Å². The van der Waals surface area contributed by atoms with Crippen LogP contribution in [0.1, 0.15) is 149 Å². The molecule has 13 nitrogen and oxygen atoms in total. The minimum absolute atomic E-state index is 0.0152. The molecule has 2 aliphatic heterocycles. The zero-order valence-corrected chi connectivity index (χ0v) is 39.0. The van der Waals surface area contributed by atoms with Crippen LogP contribution >= 0.6 is 0 Å². The summed E-state index contributed by atoms with van der Waals surface area (Å²) in [5.74, 6) is -3.10. The van der Waals surface area contributed by atoms with Gasteiger partial charge in [0, 0.05) is 67.8 Å². The highest BCUT2D eigenvalue weighted by atomic mass is 19.3. The molecule has 2 saturated heterocycles. The lowest BCUT2D eigenvalue weighted by molar-refractivity contribution is -0.123. The van der Waals surface area contributed by atoms with Crippen LogP contribution in [0.4, 0.5) is 27.6 Å². The minimum atomic E-state index is -2.68. The summed E-state index contributed by atoms with van der Waals surface area (Å²) in [6.45, 7) is 7.51. The summed E-state index contributed by atoms with van der Waals surface area (Å²) in [7, 11) is 0. The largest absolute Gasteiger partial charge is 0.361 e. The first-order chi connectivity index (χ1) is 33.0. The van der Waals surface area contributed by atoms with Crippen molar-refractivity contribution in [2.75, 3.05) is 4.90 Å². The third-order valence-electron chi connectivity index (χ3n) is 14.4. The van der Waals surface area contributed by atoms with Gasteiger partial charge in [-0.2, -0.15) is 0 Å². The number of nitrogens with zero attached hydrogens (tertiary/aromatic N) is 8. The third kappa shape index (κ3) is 9.02. The number of rotatable bonds is 7. The van der Waals surface area contributed by atoms with Gasteiger partial charge in [0.05, 0.1) is 63.6 Å². The van der Waals surface area contributed by atoms with Crippen molar-refractivity contribution in [1.82, 2.24) is 39.7 Å². The van der Waals surface area contributed by atoms with Crippen LogP contribution in [0.3, 0.4) is 0 Å². The number of imidazole rings is 2. The Bertz CT molecular complexity index is 3020. The van der Waals surface area contributed by atoms with Crippen LogP contribution in [0.5, 0.6) is 0 Å². The van der Waals surface area contributed by atoms with E-state index in [1.807, 2.05) is 68.7 Å². The van der Waals surface area contributed by atoms with Gasteiger partial charge in [-0.1, -0.05) is 22.4 Å². The van der Waals surface area contributed by atoms with Crippen LogP contribution in [0.15, 0.2) is 63.9 Å². The van der Waals surface area contributed by atoms with E-state index in [0.717, 1.165) is 80.8 Å². The van der Waals surface area contributed by atoms with Crippen molar-refractivity contribution in [3.8, 4) is 22.3 Å². The Kier molecular flexibility index (Phi) is 12.2. The summed E-state index contributed by atoms with van der Waals surface area (Å²) in [6, 6.07) is 12.3. The van der Waals surface area contributed by atoms with Crippen molar-refractivity contribution in [1.29, 1.82) is 0 Å². The van der Waals surface area contributed by atoms with Crippen LogP contribution < -0.4 is 10.2 Å². The molecule has 2 saturated carbocycles. The van der Waals surface area contributed by atoms with Crippen LogP contribution in [0, 0.1) is 33.5 Å². The van der Waals surface area contributed by atoms with Gasteiger partial charge < -0.3 is 28.4 Å². The van der Waals surface area contributed by atoms with Crippen molar-refractivity contribution in [3.05, 3.63) is 95.2 Å². The van der Waals surface area contributed by atoms with Crippen LogP contribution in [0.25, 0.3) is 44.3 Å². The lowest BCUT2D eigenvalue weighted by Crippen LogP contribution is -2.40. The van der Waals surface area contributed by atoms with E-state index >= 15 is 0 Å². The number of benzene rings is 2. The van der Waals surface area contributed by atoms with E-state index in [9.17, 15) is 31.5 Å².